The van der Waals surface area contributed by atoms with Gasteiger partial charge in [0.15, 0.2) is 5.69 Å². The number of benzene rings is 1. The molecule has 0 radical (unpaired) electrons. The number of nitrogens with zero attached hydrogens (tertiary/aromatic N) is 3. The van der Waals surface area contributed by atoms with Gasteiger partial charge in [0.25, 0.3) is 5.89 Å². The van der Waals surface area contributed by atoms with E-state index in [0.29, 0.717) is 17.4 Å². The molecule has 6 nitrogen and oxygen atoms in total. The fourth-order valence-corrected chi connectivity index (χ4v) is 1.87. The van der Waals surface area contributed by atoms with Gasteiger partial charge in [0, 0.05) is 16.8 Å². The first kappa shape index (κ1) is 12.4. The molecule has 0 atom stereocenters. The van der Waals surface area contributed by atoms with E-state index in [4.69, 9.17) is 9.26 Å². The number of aryl methyl sites for hydroxylation is 1. The number of nitrogens with one attached hydrogen (secondary N) is 1. The summed E-state index contributed by atoms with van der Waals surface area (Å²) in [6.45, 7) is 3.91. The van der Waals surface area contributed by atoms with E-state index in [-0.39, 0.29) is 0 Å². The van der Waals surface area contributed by atoms with Crippen LogP contribution >= 0.6 is 0 Å². The monoisotopic (exact) mass is 270 g/mol. The summed E-state index contributed by atoms with van der Waals surface area (Å²) < 4.78 is 10.4. The van der Waals surface area contributed by atoms with Gasteiger partial charge >= 0.3 is 0 Å². The van der Waals surface area contributed by atoms with Crippen molar-refractivity contribution in [3.63, 3.8) is 0 Å². The molecule has 20 heavy (non-hydrogen) atoms. The lowest BCUT2D eigenvalue weighted by Gasteiger charge is -1.98. The highest BCUT2D eigenvalue weighted by Crippen LogP contribution is 2.25. The summed E-state index contributed by atoms with van der Waals surface area (Å²) in [5.41, 5.74) is 3.56. The number of ether oxygens (including phenoxy) is 1. The van der Waals surface area contributed by atoms with Gasteiger partial charge in [-0.3, -0.25) is 5.10 Å². The summed E-state index contributed by atoms with van der Waals surface area (Å²) in [5.74, 6) is 1.73. The number of aromatic nitrogens is 4. The van der Waals surface area contributed by atoms with Crippen LogP contribution in [0.2, 0.25) is 0 Å². The van der Waals surface area contributed by atoms with Gasteiger partial charge in [0.05, 0.1) is 7.11 Å². The lowest BCUT2D eigenvalue weighted by molar-refractivity contribution is 0.414. The molecule has 0 spiro atoms. The molecule has 0 aliphatic rings. The lowest BCUT2D eigenvalue weighted by Crippen LogP contribution is -1.85. The second-order valence-electron chi connectivity index (χ2n) is 4.47. The highest BCUT2D eigenvalue weighted by atomic mass is 16.5. The van der Waals surface area contributed by atoms with E-state index in [2.05, 4.69) is 20.3 Å². The number of hydrogen-bond donors (Lipinski definition) is 1. The van der Waals surface area contributed by atoms with Crippen LogP contribution in [0.4, 0.5) is 0 Å². The summed E-state index contributed by atoms with van der Waals surface area (Å²) in [7, 11) is 1.63. The Balaban J connectivity index is 1.95. The van der Waals surface area contributed by atoms with Gasteiger partial charge in [-0.15, -0.1) is 0 Å². The van der Waals surface area contributed by atoms with E-state index in [9.17, 15) is 0 Å². The minimum atomic E-state index is 0.415. The zero-order chi connectivity index (χ0) is 14.1. The maximum Gasteiger partial charge on any atom is 0.279 e. The van der Waals surface area contributed by atoms with Crippen molar-refractivity contribution in [1.82, 2.24) is 20.3 Å². The Bertz CT molecular complexity index is 728. The minimum Gasteiger partial charge on any atom is -0.497 e. The van der Waals surface area contributed by atoms with E-state index in [1.807, 2.05) is 38.1 Å². The average molecular weight is 270 g/mol. The predicted octanol–water partition coefficient (Wildman–Crippen LogP) is 2.75. The number of rotatable bonds is 3. The van der Waals surface area contributed by atoms with Crippen LogP contribution < -0.4 is 4.74 Å². The van der Waals surface area contributed by atoms with Gasteiger partial charge in [0.2, 0.25) is 5.82 Å². The van der Waals surface area contributed by atoms with Crippen LogP contribution in [0.25, 0.3) is 23.0 Å². The van der Waals surface area contributed by atoms with Gasteiger partial charge in [-0.25, -0.2) is 0 Å². The van der Waals surface area contributed by atoms with Crippen LogP contribution in [0.15, 0.2) is 28.8 Å². The Labute approximate surface area is 115 Å². The molecule has 0 amide bonds. The Morgan fingerprint density at radius 2 is 1.90 bits per heavy atom. The van der Waals surface area contributed by atoms with Crippen molar-refractivity contribution < 1.29 is 9.26 Å². The molecular formula is C14H14N4O2. The second-order valence-corrected chi connectivity index (χ2v) is 4.47. The molecule has 0 fully saturated rings. The summed E-state index contributed by atoms with van der Waals surface area (Å²) in [4.78, 5) is 4.38. The molecule has 0 aliphatic heterocycles. The van der Waals surface area contributed by atoms with Gasteiger partial charge in [-0.05, 0) is 38.1 Å². The van der Waals surface area contributed by atoms with Crippen molar-refractivity contribution in [2.24, 2.45) is 0 Å². The second kappa shape index (κ2) is 4.80. The average Bonchev–Trinajstić information content (AvgIpc) is 3.08. The fraction of sp³-hybridized carbons (Fsp3) is 0.214. The standard InChI is InChI=1S/C14H14N4O2/c1-8-9(2)16-17-12(8)14-15-13(18-20-14)10-4-6-11(19-3)7-5-10/h4-7H,1-3H3,(H,16,17). The van der Waals surface area contributed by atoms with Crippen molar-refractivity contribution in [3.05, 3.63) is 35.5 Å². The molecule has 2 heterocycles. The van der Waals surface area contributed by atoms with Crippen molar-refractivity contribution in [2.45, 2.75) is 13.8 Å². The van der Waals surface area contributed by atoms with E-state index < -0.39 is 0 Å². The molecule has 1 aromatic carbocycles. The van der Waals surface area contributed by atoms with E-state index >= 15 is 0 Å². The van der Waals surface area contributed by atoms with Gasteiger partial charge < -0.3 is 9.26 Å². The lowest BCUT2D eigenvalue weighted by atomic mass is 10.2. The smallest absolute Gasteiger partial charge is 0.279 e. The summed E-state index contributed by atoms with van der Waals surface area (Å²) in [6.07, 6.45) is 0. The topological polar surface area (TPSA) is 76.8 Å². The Morgan fingerprint density at radius 3 is 2.50 bits per heavy atom. The van der Waals surface area contributed by atoms with Crippen LogP contribution in [0.5, 0.6) is 5.75 Å². The highest BCUT2D eigenvalue weighted by molar-refractivity contribution is 5.60. The van der Waals surface area contributed by atoms with E-state index in [1.54, 1.807) is 7.11 Å². The molecular weight excluding hydrogens is 256 g/mol. The molecule has 3 aromatic rings. The molecule has 0 bridgehead atoms. The molecule has 1 N–H and O–H groups in total. The van der Waals surface area contributed by atoms with Crippen LogP contribution in [0, 0.1) is 13.8 Å². The van der Waals surface area contributed by atoms with Crippen LogP contribution in [-0.2, 0) is 0 Å². The van der Waals surface area contributed by atoms with Crippen LogP contribution in [0.1, 0.15) is 11.3 Å². The fourth-order valence-electron chi connectivity index (χ4n) is 1.87. The number of H-pyrrole nitrogens is 1. The largest absolute Gasteiger partial charge is 0.497 e. The zero-order valence-corrected chi connectivity index (χ0v) is 11.5. The first-order valence-corrected chi connectivity index (χ1v) is 6.19. The summed E-state index contributed by atoms with van der Waals surface area (Å²) in [5, 5.41) is 11.1. The van der Waals surface area contributed by atoms with Gasteiger partial charge in [-0.1, -0.05) is 5.16 Å². The van der Waals surface area contributed by atoms with Crippen LogP contribution in [0.3, 0.4) is 0 Å². The molecule has 102 valence electrons. The van der Waals surface area contributed by atoms with Gasteiger partial charge in [0.1, 0.15) is 5.75 Å². The van der Waals surface area contributed by atoms with E-state index in [1.165, 1.54) is 0 Å². The zero-order valence-electron chi connectivity index (χ0n) is 11.5. The third kappa shape index (κ3) is 2.05. The Kier molecular flexibility index (Phi) is 2.98. The Morgan fingerprint density at radius 1 is 1.15 bits per heavy atom. The molecule has 6 heteroatoms. The molecule has 0 aliphatic carbocycles. The van der Waals surface area contributed by atoms with Crippen molar-refractivity contribution in [1.29, 1.82) is 0 Å². The first-order valence-electron chi connectivity index (χ1n) is 6.19. The predicted molar refractivity (Wildman–Crippen MR) is 73.3 cm³/mol. The quantitative estimate of drug-likeness (QED) is 0.791. The van der Waals surface area contributed by atoms with Crippen molar-refractivity contribution in [2.75, 3.05) is 7.11 Å². The highest BCUT2D eigenvalue weighted by Gasteiger charge is 2.16. The summed E-state index contributed by atoms with van der Waals surface area (Å²) in [6, 6.07) is 7.48. The molecule has 3 rings (SSSR count). The van der Waals surface area contributed by atoms with Crippen molar-refractivity contribution in [3.8, 4) is 28.7 Å². The van der Waals surface area contributed by atoms with Gasteiger partial charge in [-0.2, -0.15) is 10.1 Å². The number of hydrogen-bond acceptors (Lipinski definition) is 5. The first-order chi connectivity index (χ1) is 9.69. The van der Waals surface area contributed by atoms with E-state index in [0.717, 1.165) is 22.6 Å². The molecule has 0 saturated carbocycles. The third-order valence-corrected chi connectivity index (χ3v) is 3.23. The van der Waals surface area contributed by atoms with Crippen LogP contribution in [-0.4, -0.2) is 27.4 Å². The maximum atomic E-state index is 5.28. The van der Waals surface area contributed by atoms with Crippen molar-refractivity contribution >= 4 is 0 Å². The number of methoxy groups -OCH3 is 1. The summed E-state index contributed by atoms with van der Waals surface area (Å²) >= 11 is 0. The molecule has 2 aromatic heterocycles. The third-order valence-electron chi connectivity index (χ3n) is 3.23. The minimum absolute atomic E-state index is 0.415. The molecule has 0 unspecified atom stereocenters. The number of aromatic amines is 1. The SMILES string of the molecule is COc1ccc(-c2noc(-c3n[nH]c(C)c3C)n2)cc1. The molecule has 0 saturated heterocycles. The maximum absolute atomic E-state index is 5.28. The Hall–Kier alpha value is -2.63. The normalized spacial score (nSPS) is 10.8.